The Balaban J connectivity index is 2.68. The van der Waals surface area contributed by atoms with Crippen LogP contribution in [0, 0.1) is 0 Å². The zero-order chi connectivity index (χ0) is 5.11. The first kappa shape index (κ1) is 4.59. The maximum absolute atomic E-state index is 9.85. The minimum Gasteiger partial charge on any atom is -0.456 e. The van der Waals surface area contributed by atoms with Crippen molar-refractivity contribution in [3.63, 3.8) is 0 Å². The lowest BCUT2D eigenvalue weighted by Gasteiger charge is -1.83. The molecule has 0 amide bonds. The van der Waals surface area contributed by atoms with Crippen molar-refractivity contribution in [2.24, 2.45) is 0 Å². The SMILES string of the molecule is O=S=C1CC=CO1. The number of hydrogen-bond donors (Lipinski definition) is 0. The van der Waals surface area contributed by atoms with Gasteiger partial charge in [0, 0.05) is 6.42 Å². The van der Waals surface area contributed by atoms with E-state index in [9.17, 15) is 4.21 Å². The van der Waals surface area contributed by atoms with Gasteiger partial charge in [-0.1, -0.05) is 0 Å². The fraction of sp³-hybridized carbons (Fsp3) is 0.250. The summed E-state index contributed by atoms with van der Waals surface area (Å²) in [7, 11) is 0. The molecule has 0 bridgehead atoms. The predicted molar refractivity (Wildman–Crippen MR) is 28.0 cm³/mol. The third-order valence-electron chi connectivity index (χ3n) is 0.673. The van der Waals surface area contributed by atoms with E-state index in [1.807, 2.05) is 0 Å². The Kier molecular flexibility index (Phi) is 1.26. The topological polar surface area (TPSA) is 26.3 Å². The molecular weight excluding hydrogens is 112 g/mol. The number of rotatable bonds is 0. The second-order valence-corrected chi connectivity index (χ2v) is 1.77. The van der Waals surface area contributed by atoms with E-state index in [0.29, 0.717) is 22.7 Å². The van der Waals surface area contributed by atoms with Crippen LogP contribution in [-0.4, -0.2) is 9.26 Å². The molecule has 0 radical (unpaired) electrons. The first-order valence-electron chi connectivity index (χ1n) is 1.91. The molecule has 0 saturated heterocycles. The predicted octanol–water partition coefficient (Wildman–Crippen LogP) is 0.263. The molecule has 2 nitrogen and oxygen atoms in total. The third-order valence-corrected chi connectivity index (χ3v) is 1.12. The molecule has 0 aliphatic carbocycles. The van der Waals surface area contributed by atoms with Crippen LogP contribution in [0.4, 0.5) is 0 Å². The molecule has 0 N–H and O–H groups in total. The first-order valence-corrected chi connectivity index (χ1v) is 2.65. The number of hydrogen-bond acceptors (Lipinski definition) is 2. The standard InChI is InChI=1S/C4H4O2S/c5-7-4-2-1-3-6-4/h1,3H,2H2. The van der Waals surface area contributed by atoms with Gasteiger partial charge in [0.15, 0.2) is 5.05 Å². The van der Waals surface area contributed by atoms with Gasteiger partial charge >= 0.3 is 0 Å². The molecule has 0 fully saturated rings. The Morgan fingerprint density at radius 2 is 2.71 bits per heavy atom. The van der Waals surface area contributed by atoms with Crippen molar-refractivity contribution in [2.75, 3.05) is 0 Å². The van der Waals surface area contributed by atoms with Crippen molar-refractivity contribution in [3.05, 3.63) is 12.3 Å². The van der Waals surface area contributed by atoms with Crippen molar-refractivity contribution in [1.82, 2.24) is 0 Å². The van der Waals surface area contributed by atoms with Crippen LogP contribution in [0.25, 0.3) is 0 Å². The van der Waals surface area contributed by atoms with Crippen molar-refractivity contribution < 1.29 is 8.95 Å². The van der Waals surface area contributed by atoms with Crippen LogP contribution in [0.2, 0.25) is 0 Å². The highest BCUT2D eigenvalue weighted by Crippen LogP contribution is 1.97. The average molecular weight is 116 g/mol. The van der Waals surface area contributed by atoms with E-state index in [0.717, 1.165) is 0 Å². The van der Waals surface area contributed by atoms with Crippen LogP contribution in [0.3, 0.4) is 0 Å². The fourth-order valence-electron chi connectivity index (χ4n) is 0.370. The van der Waals surface area contributed by atoms with Crippen molar-refractivity contribution >= 4 is 16.3 Å². The van der Waals surface area contributed by atoms with Gasteiger partial charge in [0.2, 0.25) is 0 Å². The van der Waals surface area contributed by atoms with Gasteiger partial charge in [0.1, 0.15) is 11.3 Å². The summed E-state index contributed by atoms with van der Waals surface area (Å²) in [5.41, 5.74) is 0. The Morgan fingerprint density at radius 1 is 1.86 bits per heavy atom. The lowest BCUT2D eigenvalue weighted by Crippen LogP contribution is -1.89. The van der Waals surface area contributed by atoms with Crippen molar-refractivity contribution in [3.8, 4) is 0 Å². The average Bonchev–Trinajstić information content (AvgIpc) is 2.14. The largest absolute Gasteiger partial charge is 0.456 e. The summed E-state index contributed by atoms with van der Waals surface area (Å²) < 4.78 is 14.5. The minimum atomic E-state index is 0.414. The Hall–Kier alpha value is -0.570. The minimum absolute atomic E-state index is 0.414. The Labute approximate surface area is 44.9 Å². The van der Waals surface area contributed by atoms with Crippen molar-refractivity contribution in [1.29, 1.82) is 0 Å². The van der Waals surface area contributed by atoms with Crippen LogP contribution in [0.15, 0.2) is 12.3 Å². The van der Waals surface area contributed by atoms with Gasteiger partial charge in [-0.15, -0.1) is 0 Å². The van der Waals surface area contributed by atoms with Gasteiger partial charge in [-0.25, -0.2) is 4.21 Å². The first-order chi connectivity index (χ1) is 3.43. The van der Waals surface area contributed by atoms with E-state index in [-0.39, 0.29) is 0 Å². The molecule has 38 valence electrons. The second-order valence-electron chi connectivity index (χ2n) is 1.15. The molecule has 1 rings (SSSR count). The monoisotopic (exact) mass is 116 g/mol. The summed E-state index contributed by atoms with van der Waals surface area (Å²) in [6, 6.07) is 0. The summed E-state index contributed by atoms with van der Waals surface area (Å²) in [5.74, 6) is 0. The summed E-state index contributed by atoms with van der Waals surface area (Å²) in [6.07, 6.45) is 4.01. The van der Waals surface area contributed by atoms with E-state index in [4.69, 9.17) is 0 Å². The molecule has 0 atom stereocenters. The van der Waals surface area contributed by atoms with E-state index in [1.165, 1.54) is 6.26 Å². The highest BCUT2D eigenvalue weighted by molar-refractivity contribution is 7.66. The highest BCUT2D eigenvalue weighted by atomic mass is 32.1. The van der Waals surface area contributed by atoms with Crippen LogP contribution in [0.1, 0.15) is 6.42 Å². The molecule has 1 aliphatic heterocycles. The van der Waals surface area contributed by atoms with Crippen LogP contribution in [-0.2, 0) is 16.0 Å². The fourth-order valence-corrected chi connectivity index (χ4v) is 0.629. The van der Waals surface area contributed by atoms with Crippen LogP contribution < -0.4 is 0 Å². The van der Waals surface area contributed by atoms with Gasteiger partial charge in [-0.2, -0.15) is 0 Å². The quantitative estimate of drug-likeness (QED) is 0.424. The smallest absolute Gasteiger partial charge is 0.199 e. The van der Waals surface area contributed by atoms with Gasteiger partial charge in [0.05, 0.1) is 6.26 Å². The molecule has 0 saturated carbocycles. The normalized spacial score (nSPS) is 16.9. The lowest BCUT2D eigenvalue weighted by atomic mass is 10.5. The Bertz CT molecular complexity index is 134. The van der Waals surface area contributed by atoms with Gasteiger partial charge in [-0.3, -0.25) is 0 Å². The molecule has 0 aromatic heterocycles. The zero-order valence-electron chi connectivity index (χ0n) is 3.59. The molecule has 0 unspecified atom stereocenters. The van der Waals surface area contributed by atoms with E-state index < -0.39 is 0 Å². The zero-order valence-corrected chi connectivity index (χ0v) is 4.40. The highest BCUT2D eigenvalue weighted by Gasteiger charge is 1.98. The molecule has 1 aliphatic rings. The summed E-state index contributed by atoms with van der Waals surface area (Å²) in [6.45, 7) is 0. The van der Waals surface area contributed by atoms with Crippen LogP contribution >= 0.6 is 0 Å². The molecule has 7 heavy (non-hydrogen) atoms. The molecular formula is C4H4O2S. The van der Waals surface area contributed by atoms with Gasteiger partial charge in [0.25, 0.3) is 0 Å². The third kappa shape index (κ3) is 0.899. The maximum atomic E-state index is 9.85. The van der Waals surface area contributed by atoms with E-state index >= 15 is 0 Å². The van der Waals surface area contributed by atoms with Gasteiger partial charge < -0.3 is 4.74 Å². The molecule has 0 aromatic rings. The lowest BCUT2D eigenvalue weighted by molar-refractivity contribution is 0.494. The van der Waals surface area contributed by atoms with Crippen LogP contribution in [0.5, 0.6) is 0 Å². The molecule has 0 aromatic carbocycles. The summed E-state index contributed by atoms with van der Waals surface area (Å²) in [4.78, 5) is 0. The van der Waals surface area contributed by atoms with Crippen molar-refractivity contribution in [2.45, 2.75) is 6.42 Å². The number of ether oxygens (including phenoxy) is 1. The summed E-state index contributed by atoms with van der Waals surface area (Å²) in [5, 5.41) is 0.542. The Morgan fingerprint density at radius 3 is 3.00 bits per heavy atom. The van der Waals surface area contributed by atoms with E-state index in [1.54, 1.807) is 6.08 Å². The molecule has 3 heteroatoms. The molecule has 1 heterocycles. The van der Waals surface area contributed by atoms with E-state index in [2.05, 4.69) is 4.74 Å². The maximum Gasteiger partial charge on any atom is 0.199 e. The van der Waals surface area contributed by atoms with Gasteiger partial charge in [-0.05, 0) is 6.08 Å². The second kappa shape index (κ2) is 1.93. The molecule has 0 spiro atoms. The summed E-state index contributed by atoms with van der Waals surface area (Å²) >= 11 is 0.414.